The normalized spacial score (nSPS) is 17.5. The number of nitrogens with zero attached hydrogens (tertiary/aromatic N) is 3. The summed E-state index contributed by atoms with van der Waals surface area (Å²) in [6.07, 6.45) is 3.29. The van der Waals surface area contributed by atoms with Crippen LogP contribution in [0, 0.1) is 5.92 Å². The fraction of sp³-hybridized carbons (Fsp3) is 0.857. The SMILES string of the molecule is CCN(Cc1noc(CC(C)C)n1)C1CCNCC1. The lowest BCUT2D eigenvalue weighted by Crippen LogP contribution is -2.42. The zero-order valence-corrected chi connectivity index (χ0v) is 12.4. The molecule has 1 fully saturated rings. The van der Waals surface area contributed by atoms with E-state index < -0.39 is 0 Å². The van der Waals surface area contributed by atoms with Crippen molar-refractivity contribution in [3.05, 3.63) is 11.7 Å². The predicted octanol–water partition coefficient (Wildman–Crippen LogP) is 1.84. The Morgan fingerprint density at radius 3 is 2.74 bits per heavy atom. The van der Waals surface area contributed by atoms with Gasteiger partial charge in [-0.05, 0) is 38.4 Å². The van der Waals surface area contributed by atoms with Crippen molar-refractivity contribution in [1.82, 2.24) is 20.4 Å². The first-order valence-electron chi connectivity index (χ1n) is 7.45. The number of hydrogen-bond acceptors (Lipinski definition) is 5. The average Bonchev–Trinajstić information content (AvgIpc) is 2.83. The van der Waals surface area contributed by atoms with Gasteiger partial charge in [0.2, 0.25) is 5.89 Å². The van der Waals surface area contributed by atoms with Crippen LogP contribution in [-0.2, 0) is 13.0 Å². The lowest BCUT2D eigenvalue weighted by molar-refractivity contribution is 0.157. The highest BCUT2D eigenvalue weighted by atomic mass is 16.5. The lowest BCUT2D eigenvalue weighted by Gasteiger charge is -2.32. The number of aromatic nitrogens is 2. The summed E-state index contributed by atoms with van der Waals surface area (Å²) >= 11 is 0. The van der Waals surface area contributed by atoms with E-state index in [1.807, 2.05) is 0 Å². The number of nitrogens with one attached hydrogen (secondary N) is 1. The van der Waals surface area contributed by atoms with E-state index in [0.717, 1.165) is 44.3 Å². The molecule has 2 rings (SSSR count). The molecule has 108 valence electrons. The molecule has 1 N–H and O–H groups in total. The van der Waals surface area contributed by atoms with E-state index in [1.165, 1.54) is 12.8 Å². The highest BCUT2D eigenvalue weighted by molar-refractivity contribution is 4.89. The van der Waals surface area contributed by atoms with Crippen molar-refractivity contribution in [2.75, 3.05) is 19.6 Å². The van der Waals surface area contributed by atoms with E-state index in [-0.39, 0.29) is 0 Å². The van der Waals surface area contributed by atoms with Crippen molar-refractivity contribution in [3.63, 3.8) is 0 Å². The van der Waals surface area contributed by atoms with Crippen LogP contribution in [0.3, 0.4) is 0 Å². The fourth-order valence-corrected chi connectivity index (χ4v) is 2.64. The third-order valence-electron chi connectivity index (χ3n) is 3.67. The van der Waals surface area contributed by atoms with Gasteiger partial charge in [0.25, 0.3) is 0 Å². The predicted molar refractivity (Wildman–Crippen MR) is 74.8 cm³/mol. The van der Waals surface area contributed by atoms with Gasteiger partial charge >= 0.3 is 0 Å². The molecule has 1 aromatic rings. The van der Waals surface area contributed by atoms with Crippen LogP contribution in [0.25, 0.3) is 0 Å². The molecule has 1 saturated heterocycles. The van der Waals surface area contributed by atoms with Gasteiger partial charge in [-0.25, -0.2) is 0 Å². The van der Waals surface area contributed by atoms with Crippen molar-refractivity contribution in [1.29, 1.82) is 0 Å². The molecule has 0 aromatic carbocycles. The largest absolute Gasteiger partial charge is 0.339 e. The second-order valence-electron chi connectivity index (χ2n) is 5.75. The van der Waals surface area contributed by atoms with Crippen LogP contribution in [0.2, 0.25) is 0 Å². The maximum Gasteiger partial charge on any atom is 0.226 e. The van der Waals surface area contributed by atoms with Crippen LogP contribution < -0.4 is 5.32 Å². The Morgan fingerprint density at radius 1 is 1.37 bits per heavy atom. The van der Waals surface area contributed by atoms with Crippen molar-refractivity contribution in [2.24, 2.45) is 5.92 Å². The Kier molecular flexibility index (Phi) is 5.34. The fourth-order valence-electron chi connectivity index (χ4n) is 2.64. The molecule has 0 aliphatic carbocycles. The van der Waals surface area contributed by atoms with Crippen LogP contribution in [-0.4, -0.2) is 40.7 Å². The highest BCUT2D eigenvalue weighted by Gasteiger charge is 2.21. The van der Waals surface area contributed by atoms with Crippen LogP contribution in [0.1, 0.15) is 45.3 Å². The number of hydrogen-bond donors (Lipinski definition) is 1. The average molecular weight is 266 g/mol. The molecule has 0 unspecified atom stereocenters. The molecule has 0 spiro atoms. The van der Waals surface area contributed by atoms with Gasteiger partial charge in [0, 0.05) is 12.5 Å². The second-order valence-corrected chi connectivity index (χ2v) is 5.75. The van der Waals surface area contributed by atoms with Crippen molar-refractivity contribution < 1.29 is 4.52 Å². The minimum atomic E-state index is 0.556. The van der Waals surface area contributed by atoms with E-state index in [0.29, 0.717) is 12.0 Å². The zero-order valence-electron chi connectivity index (χ0n) is 12.4. The van der Waals surface area contributed by atoms with Crippen molar-refractivity contribution in [2.45, 2.75) is 52.6 Å². The quantitative estimate of drug-likeness (QED) is 0.851. The van der Waals surface area contributed by atoms with Gasteiger partial charge in [0.05, 0.1) is 6.54 Å². The summed E-state index contributed by atoms with van der Waals surface area (Å²) in [5.41, 5.74) is 0. The van der Waals surface area contributed by atoms with Gasteiger partial charge < -0.3 is 9.84 Å². The summed E-state index contributed by atoms with van der Waals surface area (Å²) in [5, 5.41) is 7.52. The maximum atomic E-state index is 5.31. The summed E-state index contributed by atoms with van der Waals surface area (Å²) in [7, 11) is 0. The summed E-state index contributed by atoms with van der Waals surface area (Å²) in [6, 6.07) is 0.651. The monoisotopic (exact) mass is 266 g/mol. The van der Waals surface area contributed by atoms with Crippen LogP contribution >= 0.6 is 0 Å². The summed E-state index contributed by atoms with van der Waals surface area (Å²) in [4.78, 5) is 6.96. The van der Waals surface area contributed by atoms with Gasteiger partial charge in [-0.1, -0.05) is 25.9 Å². The summed E-state index contributed by atoms with van der Waals surface area (Å²) < 4.78 is 5.31. The third-order valence-corrected chi connectivity index (χ3v) is 3.67. The number of piperidine rings is 1. The first kappa shape index (κ1) is 14.5. The molecule has 0 amide bonds. The summed E-state index contributed by atoms with van der Waals surface area (Å²) in [5.74, 6) is 2.15. The number of rotatable bonds is 6. The molecule has 5 heteroatoms. The highest BCUT2D eigenvalue weighted by Crippen LogP contribution is 2.14. The Bertz CT molecular complexity index is 371. The van der Waals surface area contributed by atoms with Crippen molar-refractivity contribution in [3.8, 4) is 0 Å². The van der Waals surface area contributed by atoms with Gasteiger partial charge in [-0.15, -0.1) is 0 Å². The van der Waals surface area contributed by atoms with Crippen LogP contribution in [0.5, 0.6) is 0 Å². The molecule has 2 heterocycles. The van der Waals surface area contributed by atoms with Gasteiger partial charge in [-0.3, -0.25) is 4.90 Å². The third kappa shape index (κ3) is 4.28. The Hall–Kier alpha value is -0.940. The minimum Gasteiger partial charge on any atom is -0.339 e. The first-order chi connectivity index (χ1) is 9.19. The minimum absolute atomic E-state index is 0.556. The molecule has 5 nitrogen and oxygen atoms in total. The van der Waals surface area contributed by atoms with Gasteiger partial charge in [-0.2, -0.15) is 4.98 Å². The van der Waals surface area contributed by atoms with Crippen LogP contribution in [0.15, 0.2) is 4.52 Å². The molecule has 1 aromatic heterocycles. The van der Waals surface area contributed by atoms with Gasteiger partial charge in [0.1, 0.15) is 0 Å². The summed E-state index contributed by atoms with van der Waals surface area (Å²) in [6.45, 7) is 10.6. The van der Waals surface area contributed by atoms with Crippen molar-refractivity contribution >= 4 is 0 Å². The molecule has 1 aliphatic heterocycles. The molecular formula is C14H26N4O. The zero-order chi connectivity index (χ0) is 13.7. The topological polar surface area (TPSA) is 54.2 Å². The maximum absolute atomic E-state index is 5.31. The molecule has 0 bridgehead atoms. The first-order valence-corrected chi connectivity index (χ1v) is 7.45. The molecule has 0 atom stereocenters. The van der Waals surface area contributed by atoms with Gasteiger partial charge in [0.15, 0.2) is 5.82 Å². The Balaban J connectivity index is 1.91. The van der Waals surface area contributed by atoms with E-state index in [9.17, 15) is 0 Å². The van der Waals surface area contributed by atoms with E-state index in [2.05, 4.69) is 41.1 Å². The smallest absolute Gasteiger partial charge is 0.226 e. The van der Waals surface area contributed by atoms with E-state index >= 15 is 0 Å². The van der Waals surface area contributed by atoms with Crippen LogP contribution in [0.4, 0.5) is 0 Å². The Morgan fingerprint density at radius 2 is 2.11 bits per heavy atom. The molecule has 0 radical (unpaired) electrons. The van der Waals surface area contributed by atoms with E-state index in [1.54, 1.807) is 0 Å². The molecule has 1 aliphatic rings. The second kappa shape index (κ2) is 7.01. The van der Waals surface area contributed by atoms with E-state index in [4.69, 9.17) is 4.52 Å². The molecular weight excluding hydrogens is 240 g/mol. The molecule has 0 saturated carbocycles. The Labute approximate surface area is 115 Å². The molecule has 19 heavy (non-hydrogen) atoms. The standard InChI is InChI=1S/C14H26N4O/c1-4-18(12-5-7-15-8-6-12)10-13-16-14(19-17-13)9-11(2)3/h11-12,15H,4-10H2,1-3H3. The lowest BCUT2D eigenvalue weighted by atomic mass is 10.0.